The molecule has 0 atom stereocenters. The van der Waals surface area contributed by atoms with Gasteiger partial charge in [0.15, 0.2) is 11.5 Å². The van der Waals surface area contributed by atoms with Gasteiger partial charge in [-0.1, -0.05) is 18.2 Å². The van der Waals surface area contributed by atoms with E-state index in [1.807, 2.05) is 53.9 Å². The van der Waals surface area contributed by atoms with E-state index in [2.05, 4.69) is 15.8 Å². The van der Waals surface area contributed by atoms with Gasteiger partial charge in [-0.15, -0.1) is 11.3 Å². The number of thiazole rings is 1. The second-order valence-electron chi connectivity index (χ2n) is 4.72. The summed E-state index contributed by atoms with van der Waals surface area (Å²) in [5.41, 5.74) is 9.07. The molecule has 0 aliphatic carbocycles. The van der Waals surface area contributed by atoms with Gasteiger partial charge in [0, 0.05) is 10.9 Å². The third kappa shape index (κ3) is 3.54. The lowest BCUT2D eigenvalue weighted by Crippen LogP contribution is -2.07. The molecule has 23 heavy (non-hydrogen) atoms. The Morgan fingerprint density at radius 3 is 2.43 bits per heavy atom. The highest BCUT2D eigenvalue weighted by Crippen LogP contribution is 2.33. The van der Waals surface area contributed by atoms with Crippen molar-refractivity contribution in [3.05, 3.63) is 53.9 Å². The summed E-state index contributed by atoms with van der Waals surface area (Å²) >= 11 is 1.53. The largest absolute Gasteiger partial charge is 0.493 e. The third-order valence-electron chi connectivity index (χ3n) is 3.27. The first kappa shape index (κ1) is 15.2. The molecule has 1 aromatic heterocycles. The van der Waals surface area contributed by atoms with Crippen molar-refractivity contribution in [1.29, 1.82) is 0 Å². The molecule has 0 aliphatic heterocycles. The monoisotopic (exact) mass is 327 g/mol. The van der Waals surface area contributed by atoms with Crippen LogP contribution in [0.4, 0.5) is 10.8 Å². The van der Waals surface area contributed by atoms with Crippen molar-refractivity contribution < 1.29 is 9.47 Å². The van der Waals surface area contributed by atoms with E-state index < -0.39 is 0 Å². The fourth-order valence-electron chi connectivity index (χ4n) is 2.11. The van der Waals surface area contributed by atoms with Crippen molar-refractivity contribution in [1.82, 2.24) is 4.98 Å². The second-order valence-corrected chi connectivity index (χ2v) is 5.58. The zero-order valence-electron chi connectivity index (χ0n) is 12.9. The van der Waals surface area contributed by atoms with Gasteiger partial charge in [-0.3, -0.25) is 10.9 Å². The number of hydrogen-bond acceptors (Lipinski definition) is 6. The summed E-state index contributed by atoms with van der Waals surface area (Å²) in [4.78, 5) is 4.58. The first-order valence-corrected chi connectivity index (χ1v) is 7.93. The van der Waals surface area contributed by atoms with E-state index in [0.717, 1.165) is 22.1 Å². The van der Waals surface area contributed by atoms with Crippen LogP contribution < -0.4 is 20.3 Å². The van der Waals surface area contributed by atoms with Crippen LogP contribution in [0.5, 0.6) is 11.5 Å². The van der Waals surface area contributed by atoms with Gasteiger partial charge in [0.05, 0.1) is 25.6 Å². The zero-order valence-corrected chi connectivity index (χ0v) is 13.7. The summed E-state index contributed by atoms with van der Waals surface area (Å²) in [7, 11) is 3.25. The predicted octanol–water partition coefficient (Wildman–Crippen LogP) is 4.27. The highest BCUT2D eigenvalue weighted by Gasteiger charge is 2.09. The van der Waals surface area contributed by atoms with E-state index in [9.17, 15) is 0 Å². The van der Waals surface area contributed by atoms with Crippen molar-refractivity contribution in [2.24, 2.45) is 0 Å². The predicted molar refractivity (Wildman–Crippen MR) is 94.3 cm³/mol. The van der Waals surface area contributed by atoms with E-state index in [-0.39, 0.29) is 0 Å². The smallest absolute Gasteiger partial charge is 0.202 e. The number of nitrogens with zero attached hydrogens (tertiary/aromatic N) is 1. The molecule has 0 saturated heterocycles. The lowest BCUT2D eigenvalue weighted by Gasteiger charge is -2.08. The van der Waals surface area contributed by atoms with Crippen LogP contribution in [0.3, 0.4) is 0 Å². The maximum Gasteiger partial charge on any atom is 0.202 e. The summed E-state index contributed by atoms with van der Waals surface area (Å²) in [6.07, 6.45) is 0. The van der Waals surface area contributed by atoms with Crippen LogP contribution >= 0.6 is 11.3 Å². The number of aromatic nitrogens is 1. The Bertz CT molecular complexity index is 775. The van der Waals surface area contributed by atoms with Crippen molar-refractivity contribution in [3.8, 4) is 22.8 Å². The molecule has 0 unspecified atom stereocenters. The summed E-state index contributed by atoms with van der Waals surface area (Å²) in [6, 6.07) is 15.6. The Morgan fingerprint density at radius 1 is 0.913 bits per heavy atom. The summed E-state index contributed by atoms with van der Waals surface area (Å²) < 4.78 is 10.6. The molecule has 2 aromatic carbocycles. The van der Waals surface area contributed by atoms with E-state index in [0.29, 0.717) is 11.5 Å². The number of para-hydroxylation sites is 1. The molecule has 3 aromatic rings. The molecule has 0 aliphatic rings. The maximum atomic E-state index is 5.33. The van der Waals surface area contributed by atoms with Gasteiger partial charge in [0.25, 0.3) is 0 Å². The van der Waals surface area contributed by atoms with Crippen LogP contribution in [-0.4, -0.2) is 19.2 Å². The molecule has 2 N–H and O–H groups in total. The molecule has 5 nitrogen and oxygen atoms in total. The van der Waals surface area contributed by atoms with Crippen molar-refractivity contribution >= 4 is 22.2 Å². The molecule has 0 fully saturated rings. The average molecular weight is 327 g/mol. The molecular weight excluding hydrogens is 310 g/mol. The first-order valence-electron chi connectivity index (χ1n) is 7.05. The average Bonchev–Trinajstić information content (AvgIpc) is 3.09. The van der Waals surface area contributed by atoms with Crippen molar-refractivity contribution in [2.75, 3.05) is 25.1 Å². The van der Waals surface area contributed by atoms with E-state index in [1.165, 1.54) is 11.3 Å². The minimum absolute atomic E-state index is 0.690. The van der Waals surface area contributed by atoms with Crippen LogP contribution in [0.1, 0.15) is 0 Å². The van der Waals surface area contributed by atoms with Crippen LogP contribution in [0.15, 0.2) is 53.9 Å². The second kappa shape index (κ2) is 7.02. The Kier molecular flexibility index (Phi) is 4.63. The van der Waals surface area contributed by atoms with Gasteiger partial charge in [-0.2, -0.15) is 0 Å². The molecule has 0 radical (unpaired) electrons. The fourth-order valence-corrected chi connectivity index (χ4v) is 2.78. The van der Waals surface area contributed by atoms with Crippen molar-refractivity contribution in [2.45, 2.75) is 0 Å². The third-order valence-corrected chi connectivity index (χ3v) is 4.03. The number of hydrazine groups is 1. The minimum atomic E-state index is 0.690. The fraction of sp³-hybridized carbons (Fsp3) is 0.118. The number of nitrogens with one attached hydrogen (secondary N) is 2. The van der Waals surface area contributed by atoms with Crippen LogP contribution in [0, 0.1) is 0 Å². The van der Waals surface area contributed by atoms with Crippen LogP contribution in [0.2, 0.25) is 0 Å². The minimum Gasteiger partial charge on any atom is -0.493 e. The van der Waals surface area contributed by atoms with Gasteiger partial charge in [-0.25, -0.2) is 4.98 Å². The number of hydrogen-bond donors (Lipinski definition) is 2. The standard InChI is InChI=1S/C17H17N3O2S/c1-21-15-9-8-12(10-16(15)22-2)14-11-23-17(18-14)20-19-13-6-4-3-5-7-13/h3-11,19H,1-2H3,(H,18,20). The summed E-state index contributed by atoms with van der Waals surface area (Å²) in [5, 5.41) is 2.79. The van der Waals surface area contributed by atoms with Gasteiger partial charge in [-0.05, 0) is 30.3 Å². The Hall–Kier alpha value is -2.73. The van der Waals surface area contributed by atoms with Gasteiger partial charge < -0.3 is 9.47 Å². The lowest BCUT2D eigenvalue weighted by molar-refractivity contribution is 0.355. The topological polar surface area (TPSA) is 55.4 Å². The van der Waals surface area contributed by atoms with Gasteiger partial charge >= 0.3 is 0 Å². The zero-order chi connectivity index (χ0) is 16.1. The van der Waals surface area contributed by atoms with E-state index in [4.69, 9.17) is 9.47 Å². The number of benzene rings is 2. The van der Waals surface area contributed by atoms with E-state index >= 15 is 0 Å². The van der Waals surface area contributed by atoms with Gasteiger partial charge in [0.2, 0.25) is 5.13 Å². The molecule has 6 heteroatoms. The number of ether oxygens (including phenoxy) is 2. The van der Waals surface area contributed by atoms with E-state index in [1.54, 1.807) is 14.2 Å². The molecule has 118 valence electrons. The molecule has 0 spiro atoms. The number of anilines is 2. The number of rotatable bonds is 6. The molecule has 3 rings (SSSR count). The normalized spacial score (nSPS) is 10.2. The summed E-state index contributed by atoms with van der Waals surface area (Å²) in [6.45, 7) is 0. The molecule has 1 heterocycles. The maximum absolute atomic E-state index is 5.33. The van der Waals surface area contributed by atoms with Gasteiger partial charge in [0.1, 0.15) is 0 Å². The Morgan fingerprint density at radius 2 is 1.70 bits per heavy atom. The lowest BCUT2D eigenvalue weighted by atomic mass is 10.1. The quantitative estimate of drug-likeness (QED) is 0.662. The molecule has 0 bridgehead atoms. The summed E-state index contributed by atoms with van der Waals surface area (Å²) in [5.74, 6) is 1.39. The number of methoxy groups -OCH3 is 2. The molecule has 0 saturated carbocycles. The van der Waals surface area contributed by atoms with Crippen molar-refractivity contribution in [3.63, 3.8) is 0 Å². The highest BCUT2D eigenvalue weighted by molar-refractivity contribution is 7.14. The Balaban J connectivity index is 1.74. The SMILES string of the molecule is COc1ccc(-c2csc(NNc3ccccc3)n2)cc1OC. The first-order chi connectivity index (χ1) is 11.3. The molecule has 0 amide bonds. The molecular formula is C17H17N3O2S. The highest BCUT2D eigenvalue weighted by atomic mass is 32.1. The van der Waals surface area contributed by atoms with Crippen LogP contribution in [-0.2, 0) is 0 Å². The Labute approximate surface area is 138 Å². The van der Waals surface area contributed by atoms with Crippen LogP contribution in [0.25, 0.3) is 11.3 Å².